The average molecular weight is 909 g/mol. The van der Waals surface area contributed by atoms with Crippen LogP contribution in [-0.4, -0.2) is 17.9 Å². The lowest BCUT2D eigenvalue weighted by atomic mass is 9.77. The van der Waals surface area contributed by atoms with E-state index < -0.39 is 39.4 Å². The number of hydrogen-bond donors (Lipinski definition) is 0. The summed E-state index contributed by atoms with van der Waals surface area (Å²) in [6.07, 6.45) is 0. The highest BCUT2D eigenvalue weighted by atomic mass is 31.1. The van der Waals surface area contributed by atoms with Gasteiger partial charge in [0.15, 0.2) is 5.60 Å². The first-order chi connectivity index (χ1) is 33.0. The molecule has 1 spiro atoms. The Balaban J connectivity index is 0.947. The number of rotatable bonds is 10. The number of hydrogen-bond acceptors (Lipinski definition) is 7. The van der Waals surface area contributed by atoms with Crippen molar-refractivity contribution in [3.8, 4) is 23.0 Å². The molecular formula is C58H38O7P2. The minimum absolute atomic E-state index is 0.228. The van der Waals surface area contributed by atoms with E-state index >= 15 is 0 Å². The molecule has 11 rings (SSSR count). The zero-order valence-electron chi connectivity index (χ0n) is 35.7. The monoisotopic (exact) mass is 908 g/mol. The number of carbonyl (C=O) groups excluding carboxylic acids is 3. The van der Waals surface area contributed by atoms with E-state index in [9.17, 15) is 14.4 Å². The fraction of sp³-hybridized carbons (Fsp3) is 0.0172. The Bertz CT molecular complexity index is 3060. The van der Waals surface area contributed by atoms with Crippen LogP contribution in [0, 0.1) is 0 Å². The lowest BCUT2D eigenvalue weighted by Gasteiger charge is -2.36. The number of fused-ring (bicyclic) bond motifs is 6. The molecule has 7 nitrogen and oxygen atoms in total. The number of benzene rings is 9. The largest absolute Gasteiger partial charge is 0.456 e. The van der Waals surface area contributed by atoms with Gasteiger partial charge in [0.05, 0.1) is 16.7 Å². The van der Waals surface area contributed by atoms with E-state index in [1.165, 1.54) is 0 Å². The van der Waals surface area contributed by atoms with Crippen molar-refractivity contribution in [1.82, 2.24) is 0 Å². The van der Waals surface area contributed by atoms with Crippen LogP contribution in [0.2, 0.25) is 0 Å². The molecule has 0 fully saturated rings. The zero-order chi connectivity index (χ0) is 45.3. The van der Waals surface area contributed by atoms with Crippen LogP contribution >= 0.6 is 15.8 Å². The van der Waals surface area contributed by atoms with Crippen molar-refractivity contribution in [3.63, 3.8) is 0 Å². The van der Waals surface area contributed by atoms with E-state index in [0.717, 1.165) is 31.8 Å². The normalized spacial score (nSPS) is 13.0. The van der Waals surface area contributed by atoms with E-state index in [0.29, 0.717) is 44.9 Å². The first kappa shape index (κ1) is 41.7. The molecule has 0 bridgehead atoms. The number of esters is 3. The van der Waals surface area contributed by atoms with Crippen LogP contribution < -0.4 is 46.0 Å². The summed E-state index contributed by atoms with van der Waals surface area (Å²) < 4.78 is 25.5. The highest BCUT2D eigenvalue weighted by molar-refractivity contribution is 7.80. The van der Waals surface area contributed by atoms with Crippen molar-refractivity contribution in [3.05, 3.63) is 264 Å². The van der Waals surface area contributed by atoms with E-state index in [1.807, 2.05) is 121 Å². The van der Waals surface area contributed by atoms with Gasteiger partial charge in [0.25, 0.3) is 0 Å². The van der Waals surface area contributed by atoms with Crippen LogP contribution in [0.15, 0.2) is 231 Å². The summed E-state index contributed by atoms with van der Waals surface area (Å²) in [4.78, 5) is 42.4. The molecule has 0 aliphatic carbocycles. The third-order valence-corrected chi connectivity index (χ3v) is 16.9. The van der Waals surface area contributed by atoms with Crippen LogP contribution in [0.5, 0.6) is 23.0 Å². The van der Waals surface area contributed by atoms with Crippen LogP contribution in [0.4, 0.5) is 0 Å². The highest BCUT2D eigenvalue weighted by Gasteiger charge is 2.53. The molecule has 9 aromatic rings. The van der Waals surface area contributed by atoms with E-state index in [-0.39, 0.29) is 11.5 Å². The maximum atomic E-state index is 14.3. The van der Waals surface area contributed by atoms with Crippen molar-refractivity contribution < 1.29 is 33.3 Å². The molecule has 0 N–H and O–H groups in total. The maximum Gasteiger partial charge on any atom is 0.344 e. The highest BCUT2D eigenvalue weighted by Crippen LogP contribution is 2.57. The lowest BCUT2D eigenvalue weighted by Crippen LogP contribution is -2.33. The minimum atomic E-state index is -1.41. The molecule has 9 aromatic carbocycles. The van der Waals surface area contributed by atoms with Crippen molar-refractivity contribution in [1.29, 1.82) is 0 Å². The van der Waals surface area contributed by atoms with E-state index in [4.69, 9.17) is 18.9 Å². The van der Waals surface area contributed by atoms with Gasteiger partial charge in [-0.1, -0.05) is 176 Å². The van der Waals surface area contributed by atoms with Crippen molar-refractivity contribution in [2.45, 2.75) is 5.60 Å². The van der Waals surface area contributed by atoms with Gasteiger partial charge < -0.3 is 18.9 Å². The van der Waals surface area contributed by atoms with E-state index in [2.05, 4.69) is 48.5 Å². The van der Waals surface area contributed by atoms with Gasteiger partial charge in [-0.25, -0.2) is 14.4 Å². The standard InChI is InChI=1S/C58H38O7P2/c59-55(46-28-14-17-31-53(46)66(41-19-5-1-6-20-41)42-21-7-2-8-22-42)62-39-33-35-49-51(37-39)64-52-38-40(34-36-50(52)58(49)48-30-16-13-27-45(48)57(61)65-58)63-56(60)47-29-15-18-32-54(47)67(43-23-9-3-10-24-43)44-25-11-4-12-26-44/h1-38H. The van der Waals surface area contributed by atoms with Crippen LogP contribution in [0.1, 0.15) is 47.8 Å². The zero-order valence-corrected chi connectivity index (χ0v) is 37.5. The Morgan fingerprint density at radius 1 is 0.403 bits per heavy atom. The summed E-state index contributed by atoms with van der Waals surface area (Å²) in [6, 6.07) is 73.2. The fourth-order valence-corrected chi connectivity index (χ4v) is 13.8. The van der Waals surface area contributed by atoms with Gasteiger partial charge in [0.1, 0.15) is 23.0 Å². The van der Waals surface area contributed by atoms with Gasteiger partial charge in [0.2, 0.25) is 0 Å². The van der Waals surface area contributed by atoms with Crippen LogP contribution in [-0.2, 0) is 10.3 Å². The summed E-state index contributed by atoms with van der Waals surface area (Å²) >= 11 is 0. The predicted molar refractivity (Wildman–Crippen MR) is 265 cm³/mol. The number of ether oxygens (including phenoxy) is 4. The first-order valence-electron chi connectivity index (χ1n) is 21.7. The molecule has 322 valence electrons. The molecule has 0 atom stereocenters. The molecule has 2 aliphatic rings. The summed E-state index contributed by atoms with van der Waals surface area (Å²) in [7, 11) is -2.22. The summed E-state index contributed by atoms with van der Waals surface area (Å²) in [5.74, 6) is -0.493. The predicted octanol–water partition coefficient (Wildman–Crippen LogP) is 10.2. The molecule has 0 radical (unpaired) electrons. The summed E-state index contributed by atoms with van der Waals surface area (Å²) in [6.45, 7) is 0. The minimum Gasteiger partial charge on any atom is -0.456 e. The molecule has 2 heterocycles. The second kappa shape index (κ2) is 17.8. The summed E-state index contributed by atoms with van der Waals surface area (Å²) in [5.41, 5.74) is 1.61. The third kappa shape index (κ3) is 7.68. The lowest BCUT2D eigenvalue weighted by molar-refractivity contribution is 0.0224. The molecule has 0 saturated carbocycles. The Morgan fingerprint density at radius 3 is 1.21 bits per heavy atom. The van der Waals surface area contributed by atoms with Crippen molar-refractivity contribution >= 4 is 65.6 Å². The average Bonchev–Trinajstić information content (AvgIpc) is 3.67. The number of carbonyl (C=O) groups is 3. The molecule has 0 saturated heterocycles. The molecular weight excluding hydrogens is 871 g/mol. The van der Waals surface area contributed by atoms with E-state index in [1.54, 1.807) is 60.7 Å². The van der Waals surface area contributed by atoms with Gasteiger partial charge in [-0.05, 0) is 90.1 Å². The SMILES string of the molecule is O=C(Oc1ccc2c(c1)Oc1cc(OC(=O)c3ccccc3P(c3ccccc3)c3ccccc3)ccc1C21OC(=O)c2ccccc21)c1ccccc1P(c1ccccc1)c1ccccc1. The van der Waals surface area contributed by atoms with Crippen LogP contribution in [0.25, 0.3) is 0 Å². The van der Waals surface area contributed by atoms with Gasteiger partial charge in [-0.2, -0.15) is 0 Å². The molecule has 0 unspecified atom stereocenters. The Kier molecular flexibility index (Phi) is 11.1. The topological polar surface area (TPSA) is 88.1 Å². The third-order valence-electron chi connectivity index (χ3n) is 11.9. The molecule has 67 heavy (non-hydrogen) atoms. The smallest absolute Gasteiger partial charge is 0.344 e. The Morgan fingerprint density at radius 2 is 0.776 bits per heavy atom. The Labute approximate surface area is 389 Å². The van der Waals surface area contributed by atoms with Gasteiger partial charge in [-0.3, -0.25) is 0 Å². The quantitative estimate of drug-likeness (QED) is 0.0767. The first-order valence-corrected chi connectivity index (χ1v) is 24.4. The summed E-state index contributed by atoms with van der Waals surface area (Å²) in [5, 5.41) is 6.11. The van der Waals surface area contributed by atoms with Gasteiger partial charge in [0, 0.05) is 28.8 Å². The van der Waals surface area contributed by atoms with Crippen molar-refractivity contribution in [2.75, 3.05) is 0 Å². The molecule has 2 aliphatic heterocycles. The maximum absolute atomic E-state index is 14.3. The molecule has 9 heteroatoms. The second-order valence-corrected chi connectivity index (χ2v) is 20.2. The Hall–Kier alpha value is -7.95. The van der Waals surface area contributed by atoms with Gasteiger partial charge in [-0.15, -0.1) is 0 Å². The van der Waals surface area contributed by atoms with Gasteiger partial charge >= 0.3 is 17.9 Å². The fourth-order valence-electron chi connectivity index (χ4n) is 8.93. The molecule has 0 aromatic heterocycles. The second-order valence-electron chi connectivity index (χ2n) is 15.9. The molecule has 0 amide bonds. The van der Waals surface area contributed by atoms with Crippen molar-refractivity contribution in [2.24, 2.45) is 0 Å². The van der Waals surface area contributed by atoms with Crippen LogP contribution in [0.3, 0.4) is 0 Å².